The maximum Gasteiger partial charge on any atom is 0.261 e. The first-order valence-corrected chi connectivity index (χ1v) is 9.78. The smallest absolute Gasteiger partial charge is 0.261 e. The molecule has 29 heavy (non-hydrogen) atoms. The standard InChI is InChI=1S/C21H22N6O2/c1-3-22-14(2)18-6-5-16(10-23-18)21(7-4-8-21)20-25-19(29-26-20)15-9-24-27(11-15)17-12-28-13-17/h3,5-6,9-11,17H,1,4,7-8,12-13H2,2H3/b22-14+. The van der Waals surface area contributed by atoms with Crippen LogP contribution in [0.4, 0.5) is 0 Å². The summed E-state index contributed by atoms with van der Waals surface area (Å²) in [6, 6.07) is 4.37. The van der Waals surface area contributed by atoms with Gasteiger partial charge >= 0.3 is 0 Å². The molecule has 1 aliphatic heterocycles. The molecule has 3 aromatic heterocycles. The van der Waals surface area contributed by atoms with E-state index in [1.807, 2.05) is 30.1 Å². The van der Waals surface area contributed by atoms with Gasteiger partial charge in [0.05, 0.1) is 47.8 Å². The zero-order chi connectivity index (χ0) is 19.8. The number of aliphatic imine (C=N–C) groups is 1. The Balaban J connectivity index is 1.42. The normalized spacial score (nSPS) is 18.9. The van der Waals surface area contributed by atoms with Gasteiger partial charge in [-0.25, -0.2) is 0 Å². The number of hydrogen-bond donors (Lipinski definition) is 0. The highest BCUT2D eigenvalue weighted by molar-refractivity contribution is 5.97. The van der Waals surface area contributed by atoms with Gasteiger partial charge in [-0.2, -0.15) is 10.1 Å². The molecule has 8 heteroatoms. The summed E-state index contributed by atoms with van der Waals surface area (Å²) in [6.45, 7) is 6.95. The summed E-state index contributed by atoms with van der Waals surface area (Å²) in [5.74, 6) is 1.21. The number of rotatable bonds is 6. The molecule has 1 saturated heterocycles. The fourth-order valence-corrected chi connectivity index (χ4v) is 3.83. The molecule has 2 fully saturated rings. The highest BCUT2D eigenvalue weighted by Crippen LogP contribution is 2.48. The van der Waals surface area contributed by atoms with Gasteiger partial charge in [0.1, 0.15) is 0 Å². The number of nitrogens with zero attached hydrogens (tertiary/aromatic N) is 6. The minimum atomic E-state index is -0.241. The molecule has 1 aliphatic carbocycles. The Bertz CT molecular complexity index is 1060. The Morgan fingerprint density at radius 2 is 2.17 bits per heavy atom. The van der Waals surface area contributed by atoms with E-state index in [9.17, 15) is 0 Å². The zero-order valence-corrected chi connectivity index (χ0v) is 16.3. The summed E-state index contributed by atoms with van der Waals surface area (Å²) < 4.78 is 12.7. The largest absolute Gasteiger partial charge is 0.377 e. The van der Waals surface area contributed by atoms with E-state index in [4.69, 9.17) is 14.2 Å². The van der Waals surface area contributed by atoms with Gasteiger partial charge in [-0.05, 0) is 31.4 Å². The predicted octanol–water partition coefficient (Wildman–Crippen LogP) is 3.32. The first kappa shape index (κ1) is 17.9. The minimum absolute atomic E-state index is 0.241. The monoisotopic (exact) mass is 390 g/mol. The van der Waals surface area contributed by atoms with Gasteiger partial charge in [-0.1, -0.05) is 24.2 Å². The lowest BCUT2D eigenvalue weighted by Crippen LogP contribution is -2.36. The predicted molar refractivity (Wildman–Crippen MR) is 107 cm³/mol. The van der Waals surface area contributed by atoms with E-state index >= 15 is 0 Å². The molecule has 0 spiro atoms. The molecule has 0 bridgehead atoms. The van der Waals surface area contributed by atoms with Crippen LogP contribution in [0.15, 0.2) is 53.0 Å². The van der Waals surface area contributed by atoms with E-state index in [0.717, 1.165) is 41.8 Å². The van der Waals surface area contributed by atoms with E-state index in [0.29, 0.717) is 31.0 Å². The zero-order valence-electron chi connectivity index (χ0n) is 16.3. The van der Waals surface area contributed by atoms with E-state index in [-0.39, 0.29) is 5.41 Å². The number of hydrogen-bond acceptors (Lipinski definition) is 7. The first-order valence-electron chi connectivity index (χ1n) is 9.78. The lowest BCUT2D eigenvalue weighted by atomic mass is 9.64. The lowest BCUT2D eigenvalue weighted by Gasteiger charge is -2.39. The van der Waals surface area contributed by atoms with Crippen LogP contribution in [0, 0.1) is 0 Å². The third-order valence-corrected chi connectivity index (χ3v) is 5.88. The van der Waals surface area contributed by atoms with Crippen molar-refractivity contribution < 1.29 is 9.26 Å². The summed E-state index contributed by atoms with van der Waals surface area (Å²) >= 11 is 0. The molecule has 0 amide bonds. The Hall–Kier alpha value is -3.13. The second-order valence-electron chi connectivity index (χ2n) is 7.59. The van der Waals surface area contributed by atoms with Crippen molar-refractivity contribution in [2.45, 2.75) is 37.6 Å². The Morgan fingerprint density at radius 3 is 2.79 bits per heavy atom. The van der Waals surface area contributed by atoms with Crippen molar-refractivity contribution in [2.75, 3.05) is 13.2 Å². The van der Waals surface area contributed by atoms with E-state index in [2.05, 4.69) is 32.9 Å². The summed E-state index contributed by atoms with van der Waals surface area (Å²) in [7, 11) is 0. The van der Waals surface area contributed by atoms with Crippen molar-refractivity contribution in [3.05, 3.63) is 60.6 Å². The molecule has 4 heterocycles. The number of ether oxygens (including phenoxy) is 1. The van der Waals surface area contributed by atoms with E-state index < -0.39 is 0 Å². The van der Waals surface area contributed by atoms with Crippen LogP contribution in [0.1, 0.15) is 49.3 Å². The average molecular weight is 390 g/mol. The van der Waals surface area contributed by atoms with Gasteiger partial charge in [-0.3, -0.25) is 14.7 Å². The van der Waals surface area contributed by atoms with Gasteiger partial charge in [0.15, 0.2) is 5.82 Å². The molecule has 5 rings (SSSR count). The lowest BCUT2D eigenvalue weighted by molar-refractivity contribution is -0.0286. The summed E-state index contributed by atoms with van der Waals surface area (Å²) in [4.78, 5) is 13.5. The van der Waals surface area contributed by atoms with Crippen LogP contribution in [0.25, 0.3) is 11.5 Å². The fourth-order valence-electron chi connectivity index (χ4n) is 3.83. The van der Waals surface area contributed by atoms with Crippen molar-refractivity contribution in [3.63, 3.8) is 0 Å². The van der Waals surface area contributed by atoms with Crippen LogP contribution in [0.2, 0.25) is 0 Å². The Labute approximate surface area is 168 Å². The molecule has 1 saturated carbocycles. The molecule has 0 N–H and O–H groups in total. The van der Waals surface area contributed by atoms with Gasteiger partial charge in [0, 0.05) is 18.6 Å². The van der Waals surface area contributed by atoms with Crippen molar-refractivity contribution in [3.8, 4) is 11.5 Å². The van der Waals surface area contributed by atoms with Crippen LogP contribution < -0.4 is 0 Å². The van der Waals surface area contributed by atoms with Gasteiger partial charge in [0.2, 0.25) is 0 Å². The third kappa shape index (κ3) is 3.00. The fraction of sp³-hybridized carbons (Fsp3) is 0.381. The molecule has 0 atom stereocenters. The number of aromatic nitrogens is 5. The molecular weight excluding hydrogens is 368 g/mol. The molecule has 148 valence electrons. The Kier molecular flexibility index (Phi) is 4.35. The van der Waals surface area contributed by atoms with Gasteiger partial charge < -0.3 is 9.26 Å². The van der Waals surface area contributed by atoms with Crippen LogP contribution in [-0.2, 0) is 10.2 Å². The average Bonchev–Trinajstić information content (AvgIpc) is 3.30. The second-order valence-corrected chi connectivity index (χ2v) is 7.59. The highest BCUT2D eigenvalue weighted by Gasteiger charge is 2.45. The second kappa shape index (κ2) is 7.04. The highest BCUT2D eigenvalue weighted by atomic mass is 16.5. The van der Waals surface area contributed by atoms with Crippen molar-refractivity contribution >= 4 is 5.71 Å². The van der Waals surface area contributed by atoms with Gasteiger partial charge in [0.25, 0.3) is 5.89 Å². The molecule has 2 aliphatic rings. The van der Waals surface area contributed by atoms with Crippen molar-refractivity contribution in [1.82, 2.24) is 24.9 Å². The Morgan fingerprint density at radius 1 is 1.31 bits per heavy atom. The molecule has 3 aromatic rings. The maximum atomic E-state index is 5.60. The molecule has 0 radical (unpaired) electrons. The first-order chi connectivity index (χ1) is 14.2. The molecular formula is C21H22N6O2. The molecule has 8 nitrogen and oxygen atoms in total. The quantitative estimate of drug-likeness (QED) is 0.600. The minimum Gasteiger partial charge on any atom is -0.377 e. The van der Waals surface area contributed by atoms with Crippen molar-refractivity contribution in [2.24, 2.45) is 4.99 Å². The summed E-state index contributed by atoms with van der Waals surface area (Å²) in [5, 5.41) is 8.73. The van der Waals surface area contributed by atoms with Crippen LogP contribution in [0.3, 0.4) is 0 Å². The third-order valence-electron chi connectivity index (χ3n) is 5.88. The van der Waals surface area contributed by atoms with Gasteiger partial charge in [-0.15, -0.1) is 0 Å². The summed E-state index contributed by atoms with van der Waals surface area (Å²) in [6.07, 6.45) is 10.2. The maximum absolute atomic E-state index is 5.60. The van der Waals surface area contributed by atoms with Crippen molar-refractivity contribution in [1.29, 1.82) is 0 Å². The van der Waals surface area contributed by atoms with E-state index in [1.54, 1.807) is 6.20 Å². The number of pyridine rings is 1. The van der Waals surface area contributed by atoms with Crippen LogP contribution in [0.5, 0.6) is 0 Å². The topological polar surface area (TPSA) is 91.2 Å². The SMILES string of the molecule is C=C/N=C(\C)c1ccc(C2(c3noc(-c4cnn(C5COC5)c4)n3)CCC2)cn1. The van der Waals surface area contributed by atoms with E-state index in [1.165, 1.54) is 6.20 Å². The molecule has 0 unspecified atom stereocenters. The van der Waals surface area contributed by atoms with Crippen LogP contribution in [-0.4, -0.2) is 43.8 Å². The summed E-state index contributed by atoms with van der Waals surface area (Å²) in [5.41, 5.74) is 3.37. The van der Waals surface area contributed by atoms with Crippen LogP contribution >= 0.6 is 0 Å². The molecule has 0 aromatic carbocycles.